The fourth-order valence-corrected chi connectivity index (χ4v) is 3.45. The van der Waals surface area contributed by atoms with E-state index in [0.717, 1.165) is 28.8 Å². The Morgan fingerprint density at radius 3 is 2.10 bits per heavy atom. The van der Waals surface area contributed by atoms with E-state index >= 15 is 0 Å². The van der Waals surface area contributed by atoms with Gasteiger partial charge in [0.25, 0.3) is 0 Å². The molecule has 3 aromatic rings. The van der Waals surface area contributed by atoms with E-state index < -0.39 is 23.1 Å². The zero-order chi connectivity index (χ0) is 22.1. The summed E-state index contributed by atoms with van der Waals surface area (Å²) in [4.78, 5) is 12.5. The van der Waals surface area contributed by atoms with Crippen LogP contribution in [-0.4, -0.2) is 6.61 Å². The fourth-order valence-electron chi connectivity index (χ4n) is 3.45. The van der Waals surface area contributed by atoms with Gasteiger partial charge in [0.1, 0.15) is 11.5 Å². The van der Waals surface area contributed by atoms with Gasteiger partial charge in [0.2, 0.25) is 0 Å². The molecular formula is C23H20F3O4-. The van der Waals surface area contributed by atoms with Crippen LogP contribution < -0.4 is 15.5 Å². The molecule has 4 nitrogen and oxygen atoms in total. The Balaban J connectivity index is 1.74. The maximum atomic E-state index is 12.6. The Hall–Kier alpha value is -3.22. The van der Waals surface area contributed by atoms with Gasteiger partial charge < -0.3 is 14.3 Å². The number of hydrogen-bond acceptors (Lipinski definition) is 4. The molecule has 0 fully saturated rings. The first-order chi connectivity index (χ1) is 14.1. The molecule has 0 bridgehead atoms. The second-order valence-electron chi connectivity index (χ2n) is 7.13. The molecular weight excluding hydrogens is 397 g/mol. The first-order valence-corrected chi connectivity index (χ1v) is 9.28. The summed E-state index contributed by atoms with van der Waals surface area (Å²) < 4.78 is 48.4. The van der Waals surface area contributed by atoms with Gasteiger partial charge in [0.05, 0.1) is 17.7 Å². The van der Waals surface area contributed by atoms with E-state index in [9.17, 15) is 23.1 Å². The van der Waals surface area contributed by atoms with Crippen molar-refractivity contribution in [3.8, 4) is 22.6 Å². The third-order valence-corrected chi connectivity index (χ3v) is 4.69. The standard InChI is InChI=1S/C23H21F3O4/c1-13-10-14(2)20(15(3)11-13)21-19(27)12-18(30-22(21)28)8-9-29-17-6-4-16(5-7-17)23(24,25)26/h4-7,10-12,27H,8-9H2,1-3H3/p-1. The van der Waals surface area contributed by atoms with Crippen molar-refractivity contribution in [2.24, 2.45) is 0 Å². The molecule has 158 valence electrons. The van der Waals surface area contributed by atoms with Gasteiger partial charge in [0, 0.05) is 6.42 Å². The van der Waals surface area contributed by atoms with Crippen LogP contribution in [0.25, 0.3) is 11.1 Å². The molecule has 2 aromatic carbocycles. The summed E-state index contributed by atoms with van der Waals surface area (Å²) in [6.07, 6.45) is -4.29. The molecule has 1 aromatic heterocycles. The zero-order valence-corrected chi connectivity index (χ0v) is 16.7. The molecule has 0 atom stereocenters. The molecule has 0 saturated heterocycles. The van der Waals surface area contributed by atoms with E-state index in [1.807, 2.05) is 32.9 Å². The predicted molar refractivity (Wildman–Crippen MR) is 105 cm³/mol. The van der Waals surface area contributed by atoms with Crippen molar-refractivity contribution in [3.63, 3.8) is 0 Å². The Labute approximate surface area is 171 Å². The van der Waals surface area contributed by atoms with Gasteiger partial charge in [-0.3, -0.25) is 0 Å². The van der Waals surface area contributed by atoms with Gasteiger partial charge in [-0.05, 0) is 67.8 Å². The highest BCUT2D eigenvalue weighted by atomic mass is 19.4. The van der Waals surface area contributed by atoms with Crippen molar-refractivity contribution >= 4 is 0 Å². The topological polar surface area (TPSA) is 62.5 Å². The van der Waals surface area contributed by atoms with Gasteiger partial charge in [0.15, 0.2) is 0 Å². The maximum absolute atomic E-state index is 12.6. The van der Waals surface area contributed by atoms with Gasteiger partial charge in [-0.25, -0.2) is 4.79 Å². The first kappa shape index (κ1) is 21.5. The Morgan fingerprint density at radius 2 is 1.57 bits per heavy atom. The van der Waals surface area contributed by atoms with E-state index in [1.165, 1.54) is 18.2 Å². The van der Waals surface area contributed by atoms with Crippen molar-refractivity contribution < 1.29 is 27.4 Å². The van der Waals surface area contributed by atoms with E-state index in [0.29, 0.717) is 5.56 Å². The molecule has 0 N–H and O–H groups in total. The number of benzene rings is 2. The molecule has 0 spiro atoms. The summed E-state index contributed by atoms with van der Waals surface area (Å²) in [6, 6.07) is 9.32. The Morgan fingerprint density at radius 1 is 0.967 bits per heavy atom. The Kier molecular flexibility index (Phi) is 5.92. The average Bonchev–Trinajstić information content (AvgIpc) is 2.63. The number of rotatable bonds is 5. The third-order valence-electron chi connectivity index (χ3n) is 4.69. The van der Waals surface area contributed by atoms with Crippen LogP contribution in [0.1, 0.15) is 28.0 Å². The maximum Gasteiger partial charge on any atom is 0.416 e. The number of ether oxygens (including phenoxy) is 1. The van der Waals surface area contributed by atoms with E-state index in [1.54, 1.807) is 0 Å². The van der Waals surface area contributed by atoms with Crippen LogP contribution in [0.3, 0.4) is 0 Å². The second-order valence-corrected chi connectivity index (χ2v) is 7.13. The molecule has 30 heavy (non-hydrogen) atoms. The molecule has 0 radical (unpaired) electrons. The number of alkyl halides is 3. The van der Waals surface area contributed by atoms with Crippen LogP contribution in [0.2, 0.25) is 0 Å². The number of halogens is 3. The van der Waals surface area contributed by atoms with Gasteiger partial charge in [-0.1, -0.05) is 23.4 Å². The molecule has 1 heterocycles. The average molecular weight is 417 g/mol. The van der Waals surface area contributed by atoms with E-state index in [2.05, 4.69) is 0 Å². The first-order valence-electron chi connectivity index (χ1n) is 9.28. The monoisotopic (exact) mass is 417 g/mol. The summed E-state index contributed by atoms with van der Waals surface area (Å²) in [5.41, 5.74) is 1.74. The quantitative estimate of drug-likeness (QED) is 0.590. The van der Waals surface area contributed by atoms with Crippen molar-refractivity contribution in [3.05, 3.63) is 80.9 Å². The van der Waals surface area contributed by atoms with Crippen molar-refractivity contribution in [2.45, 2.75) is 33.4 Å². The summed E-state index contributed by atoms with van der Waals surface area (Å²) in [7, 11) is 0. The zero-order valence-electron chi connectivity index (χ0n) is 16.7. The smallest absolute Gasteiger partial charge is 0.416 e. The summed E-state index contributed by atoms with van der Waals surface area (Å²) in [5.74, 6) is -0.0378. The molecule has 3 rings (SSSR count). The largest absolute Gasteiger partial charge is 0.872 e. The van der Waals surface area contributed by atoms with Gasteiger partial charge in [-0.15, -0.1) is 0 Å². The number of hydrogen-bond donors (Lipinski definition) is 0. The minimum absolute atomic E-state index is 0.00240. The van der Waals surface area contributed by atoms with Gasteiger partial charge in [-0.2, -0.15) is 13.2 Å². The molecule has 0 amide bonds. The minimum atomic E-state index is -4.41. The normalized spacial score (nSPS) is 11.5. The van der Waals surface area contributed by atoms with Crippen LogP contribution in [0.15, 0.2) is 51.7 Å². The van der Waals surface area contributed by atoms with Crippen LogP contribution in [0, 0.1) is 20.8 Å². The van der Waals surface area contributed by atoms with Crippen LogP contribution >= 0.6 is 0 Å². The minimum Gasteiger partial charge on any atom is -0.872 e. The summed E-state index contributed by atoms with van der Waals surface area (Å²) in [6.45, 7) is 5.64. The van der Waals surface area contributed by atoms with Crippen LogP contribution in [0.4, 0.5) is 13.2 Å². The summed E-state index contributed by atoms with van der Waals surface area (Å²) in [5, 5.41) is 12.6. The lowest BCUT2D eigenvalue weighted by Crippen LogP contribution is -2.13. The van der Waals surface area contributed by atoms with Gasteiger partial charge >= 0.3 is 11.8 Å². The van der Waals surface area contributed by atoms with E-state index in [4.69, 9.17) is 9.15 Å². The number of aryl methyl sites for hydroxylation is 3. The molecule has 0 aliphatic carbocycles. The molecule has 7 heteroatoms. The highest BCUT2D eigenvalue weighted by Crippen LogP contribution is 2.32. The SMILES string of the molecule is Cc1cc(C)c(-c2c([O-])cc(CCOc3ccc(C(F)(F)F)cc3)oc2=O)c(C)c1. The molecule has 0 aliphatic heterocycles. The Bertz CT molecular complexity index is 1090. The highest BCUT2D eigenvalue weighted by Gasteiger charge is 2.30. The van der Waals surface area contributed by atoms with Crippen molar-refractivity contribution in [2.75, 3.05) is 6.61 Å². The fraction of sp³-hybridized carbons (Fsp3) is 0.261. The predicted octanol–water partition coefficient (Wildman–Crippen LogP) is 4.95. The van der Waals surface area contributed by atoms with Crippen molar-refractivity contribution in [1.82, 2.24) is 0 Å². The van der Waals surface area contributed by atoms with Crippen LogP contribution in [0.5, 0.6) is 11.5 Å². The molecule has 0 saturated carbocycles. The molecule has 0 unspecified atom stereocenters. The lowest BCUT2D eigenvalue weighted by molar-refractivity contribution is -0.267. The second kappa shape index (κ2) is 8.26. The third kappa shape index (κ3) is 4.67. The molecule has 0 aliphatic rings. The summed E-state index contributed by atoms with van der Waals surface area (Å²) >= 11 is 0. The lowest BCUT2D eigenvalue weighted by Gasteiger charge is -2.18. The highest BCUT2D eigenvalue weighted by molar-refractivity contribution is 5.74. The lowest BCUT2D eigenvalue weighted by atomic mass is 9.94. The van der Waals surface area contributed by atoms with Crippen LogP contribution in [-0.2, 0) is 12.6 Å². The van der Waals surface area contributed by atoms with Crippen molar-refractivity contribution in [1.29, 1.82) is 0 Å². The van der Waals surface area contributed by atoms with E-state index in [-0.39, 0.29) is 30.1 Å².